The van der Waals surface area contributed by atoms with Crippen LogP contribution in [0.3, 0.4) is 0 Å². The number of hydrogen-bond donors (Lipinski definition) is 0. The van der Waals surface area contributed by atoms with Crippen molar-refractivity contribution in [1.29, 1.82) is 0 Å². The van der Waals surface area contributed by atoms with Crippen LogP contribution in [-0.2, 0) is 0 Å². The maximum absolute atomic E-state index is 9.81. The van der Waals surface area contributed by atoms with E-state index in [0.717, 1.165) is 0 Å². The molecule has 0 aromatic rings. The van der Waals surface area contributed by atoms with Crippen LogP contribution < -0.4 is 0 Å². The van der Waals surface area contributed by atoms with Crippen molar-refractivity contribution in [2.45, 2.75) is 0 Å². The molecule has 0 rings (SSSR count). The fourth-order valence-corrected chi connectivity index (χ4v) is 0. The second-order valence-electron chi connectivity index (χ2n) is 0.247. The minimum absolute atomic E-state index is 0. The van der Waals surface area contributed by atoms with Gasteiger partial charge in [-0.25, -0.2) is 0 Å². The van der Waals surface area contributed by atoms with E-state index in [0.29, 0.717) is 0 Å². The van der Waals surface area contributed by atoms with Crippen molar-refractivity contribution < 1.29 is 16.0 Å². The topological polar surface area (TPSA) is 31.5 Å². The molecule has 0 fully saturated rings. The van der Waals surface area contributed by atoms with Gasteiger partial charge in [0.2, 0.25) is 0 Å². The van der Waals surface area contributed by atoms with Gasteiger partial charge in [0, 0.05) is 0 Å². The summed E-state index contributed by atoms with van der Waals surface area (Å²) in [6.07, 6.45) is 0. The van der Waals surface area contributed by atoms with Crippen LogP contribution in [0.1, 0.15) is 0 Å². The molecule has 0 spiro atoms. The van der Waals surface area contributed by atoms with Crippen LogP contribution >= 0.6 is 0 Å². The smallest absolute Gasteiger partial charge is 0.346 e. The van der Waals surface area contributed by atoms with Crippen molar-refractivity contribution in [3.8, 4) is 0 Å². The first-order chi connectivity index (χ1) is 1.73. The standard InChI is InChI=1S/Al.Be.3FH.H2O.2H/h;;3*1H;1H2;;/q+3;;;;;;;/p-3. The summed E-state index contributed by atoms with van der Waals surface area (Å²) in [6, 6.07) is 0. The predicted molar refractivity (Wildman–Crippen MR) is 21.2 cm³/mol. The summed E-state index contributed by atoms with van der Waals surface area (Å²) in [4.78, 5) is 0. The largest absolute Gasteiger partial charge is 1.04 e. The molecule has 0 saturated heterocycles. The van der Waals surface area contributed by atoms with Crippen molar-refractivity contribution in [3.05, 3.63) is 0 Å². The number of halogens is 3. The third-order valence-corrected chi connectivity index (χ3v) is 0. The van der Waals surface area contributed by atoms with Crippen LogP contribution in [0.15, 0.2) is 0 Å². The summed E-state index contributed by atoms with van der Waals surface area (Å²) in [5.41, 5.74) is 0. The molecule has 0 heterocycles. The summed E-state index contributed by atoms with van der Waals surface area (Å²) < 4.78 is 29.4. The molecular weight excluding hydrogens is 109 g/mol. The van der Waals surface area contributed by atoms with E-state index in [2.05, 4.69) is 0 Å². The minimum Gasteiger partial charge on any atom is -0.346 e. The van der Waals surface area contributed by atoms with E-state index in [4.69, 9.17) is 0 Å². The van der Waals surface area contributed by atoms with Gasteiger partial charge in [0.05, 0.1) is 0 Å². The third kappa shape index (κ3) is 260. The summed E-state index contributed by atoms with van der Waals surface area (Å²) in [5, 5.41) is 0. The second-order valence-corrected chi connectivity index (χ2v) is 0.742. The molecule has 0 saturated carbocycles. The van der Waals surface area contributed by atoms with Gasteiger partial charge in [0.1, 0.15) is 0 Å². The first-order valence-electron chi connectivity index (χ1n) is 0.655. The van der Waals surface area contributed by atoms with E-state index in [1.807, 2.05) is 0 Å². The van der Waals surface area contributed by atoms with Gasteiger partial charge in [-0.15, -0.1) is 0 Å². The van der Waals surface area contributed by atoms with E-state index in [9.17, 15) is 10.6 Å². The first-order valence-corrected chi connectivity index (χ1v) is 1.96. The van der Waals surface area contributed by atoms with E-state index >= 15 is 0 Å². The molecule has 0 bridgehead atoms. The Balaban J connectivity index is -0.0000000450. The van der Waals surface area contributed by atoms with Gasteiger partial charge < -0.3 is 16.0 Å². The van der Waals surface area contributed by atoms with Crippen LogP contribution in [-0.4, -0.2) is 31.1 Å². The van der Waals surface area contributed by atoms with E-state index < -0.39 is 15.5 Å². The minimum atomic E-state index is -4.64. The molecule has 0 aliphatic heterocycles. The molecule has 0 aliphatic rings. The molecule has 0 amide bonds. The molecule has 36 valence electrons. The van der Waals surface area contributed by atoms with Gasteiger partial charge in [0.25, 0.3) is 0 Å². The Hall–Kier alpha value is 0.451. The first kappa shape index (κ1) is 16.1. The number of hydrogen-bond acceptors (Lipinski definition) is 0. The monoisotopic (exact) mass is 113 g/mol. The molecule has 1 nitrogen and oxygen atoms in total. The molecule has 6 heavy (non-hydrogen) atoms. The predicted octanol–water partition coefficient (Wildman–Crippen LogP) is -0.861. The fourth-order valence-electron chi connectivity index (χ4n) is 0. The van der Waals surface area contributed by atoms with Crippen molar-refractivity contribution in [2.75, 3.05) is 0 Å². The zero-order chi connectivity index (χ0) is 3.58. The molecule has 0 atom stereocenters. The quantitative estimate of drug-likeness (QED) is 0.366. The van der Waals surface area contributed by atoms with Gasteiger partial charge in [-0.1, -0.05) is 0 Å². The Kier molecular flexibility index (Phi) is 24.3. The van der Waals surface area contributed by atoms with Gasteiger partial charge in [-0.05, 0) is 0 Å². The molecule has 0 aromatic heterocycles. The SMILES string of the molecule is O.[BeH2].[F][Al]([F])[F]. The zero-order valence-corrected chi connectivity index (χ0v) is 3.37. The fraction of sp³-hybridized carbons (Fsp3) is 0. The zero-order valence-electron chi connectivity index (χ0n) is 2.21. The van der Waals surface area contributed by atoms with Gasteiger partial charge in [-0.3, -0.25) is 0 Å². The second kappa shape index (κ2) is 9.07. The van der Waals surface area contributed by atoms with Gasteiger partial charge >= 0.3 is 25.6 Å². The average Bonchev–Trinajstić information content (AvgIpc) is 0.811. The third-order valence-electron chi connectivity index (χ3n) is 0. The maximum atomic E-state index is 9.81. The van der Waals surface area contributed by atoms with E-state index in [1.54, 1.807) is 0 Å². The van der Waals surface area contributed by atoms with Gasteiger partial charge in [0.15, 0.2) is 0 Å². The van der Waals surface area contributed by atoms with Crippen LogP contribution in [0, 0.1) is 0 Å². The Morgan fingerprint density at radius 2 is 1.00 bits per heavy atom. The Bertz CT molecular complexity index is 15.5. The summed E-state index contributed by atoms with van der Waals surface area (Å²) in [7, 11) is 0. The Morgan fingerprint density at radius 3 is 1.00 bits per heavy atom. The molecule has 2 N–H and O–H groups in total. The van der Waals surface area contributed by atoms with Gasteiger partial charge in [-0.2, -0.15) is 0 Å². The Morgan fingerprint density at radius 1 is 1.00 bits per heavy atom. The molecule has 0 aliphatic carbocycles. The average molecular weight is 113 g/mol. The van der Waals surface area contributed by atoms with Crippen molar-refractivity contribution in [3.63, 3.8) is 0 Å². The normalized spacial score (nSPS) is 4.50. The summed E-state index contributed by atoms with van der Waals surface area (Å²) in [6.45, 7) is 0. The van der Waals surface area contributed by atoms with Crippen molar-refractivity contribution in [2.24, 2.45) is 0 Å². The molecule has 6 heteroatoms. The summed E-state index contributed by atoms with van der Waals surface area (Å²) in [5.74, 6) is 0. The van der Waals surface area contributed by atoms with Crippen molar-refractivity contribution >= 4 is 25.6 Å². The van der Waals surface area contributed by atoms with E-state index in [-0.39, 0.29) is 15.6 Å². The van der Waals surface area contributed by atoms with Crippen LogP contribution in [0.2, 0.25) is 0 Å². The molecular formula is H4AlBeF3O. The van der Waals surface area contributed by atoms with Crippen molar-refractivity contribution in [1.82, 2.24) is 0 Å². The molecule has 0 unspecified atom stereocenters. The van der Waals surface area contributed by atoms with Crippen LogP contribution in [0.4, 0.5) is 10.6 Å². The van der Waals surface area contributed by atoms with E-state index in [1.165, 1.54) is 0 Å². The molecule has 0 aromatic carbocycles. The maximum Gasteiger partial charge on any atom is 1.04 e. The Labute approximate surface area is 42.5 Å². The van der Waals surface area contributed by atoms with Crippen LogP contribution in [0.5, 0.6) is 0 Å². The summed E-state index contributed by atoms with van der Waals surface area (Å²) >= 11 is -4.64. The molecule has 0 radical (unpaired) electrons. The van der Waals surface area contributed by atoms with Crippen LogP contribution in [0.25, 0.3) is 0 Å². The number of rotatable bonds is 0.